The van der Waals surface area contributed by atoms with Crippen LogP contribution in [0.5, 0.6) is 0 Å². The first-order valence-electron chi connectivity index (χ1n) is 13.8. The molecule has 2 heterocycles. The summed E-state index contributed by atoms with van der Waals surface area (Å²) in [6.45, 7) is 10.0. The quantitative estimate of drug-likeness (QED) is 0.370. The average Bonchev–Trinajstić information content (AvgIpc) is 3.26. The van der Waals surface area contributed by atoms with Gasteiger partial charge in [-0.2, -0.15) is 10.1 Å². The third-order valence-corrected chi connectivity index (χ3v) is 10.5. The molecule has 0 unspecified atom stereocenters. The number of anilines is 3. The zero-order valence-corrected chi connectivity index (χ0v) is 25.7. The number of halogens is 1. The first-order valence-corrected chi connectivity index (χ1v) is 15.8. The van der Waals surface area contributed by atoms with Crippen LogP contribution in [0.3, 0.4) is 0 Å². The minimum absolute atomic E-state index is 0.0302. The molecule has 2 aromatic heterocycles. The van der Waals surface area contributed by atoms with Gasteiger partial charge in [-0.15, -0.1) is 0 Å². The normalized spacial score (nSPS) is 20.6. The smallest absolute Gasteiger partial charge is 0.228 e. The number of aromatic nitrogens is 4. The number of hydrogen-bond donors (Lipinski definition) is 2. The number of sulfone groups is 1. The van der Waals surface area contributed by atoms with Crippen LogP contribution in [-0.4, -0.2) is 57.4 Å². The molecule has 0 saturated heterocycles. The van der Waals surface area contributed by atoms with Crippen LogP contribution in [0.1, 0.15) is 73.1 Å². The van der Waals surface area contributed by atoms with Crippen molar-refractivity contribution in [2.45, 2.75) is 95.5 Å². The summed E-state index contributed by atoms with van der Waals surface area (Å²) in [7, 11) is 0.332. The predicted octanol–water partition coefficient (Wildman–Crippen LogP) is 6.09. The summed E-state index contributed by atoms with van der Waals surface area (Å²) in [6, 6.07) is 1.28. The van der Waals surface area contributed by atoms with Crippen molar-refractivity contribution < 1.29 is 8.42 Å². The molecule has 2 aliphatic rings. The minimum Gasteiger partial charge on any atom is -0.335 e. The maximum absolute atomic E-state index is 12.8. The van der Waals surface area contributed by atoms with Gasteiger partial charge in [-0.05, 0) is 97.8 Å². The minimum atomic E-state index is -3.60. The second-order valence-corrected chi connectivity index (χ2v) is 14.2. The summed E-state index contributed by atoms with van der Waals surface area (Å²) in [4.78, 5) is 11.4. The predicted molar refractivity (Wildman–Crippen MR) is 158 cm³/mol. The van der Waals surface area contributed by atoms with Gasteiger partial charge in [0.25, 0.3) is 0 Å². The Morgan fingerprint density at radius 3 is 2.41 bits per heavy atom. The maximum Gasteiger partial charge on any atom is 0.228 e. The van der Waals surface area contributed by atoms with Crippen molar-refractivity contribution in [3.63, 3.8) is 0 Å². The van der Waals surface area contributed by atoms with Gasteiger partial charge in [0.05, 0.1) is 17.1 Å². The molecular weight excluding hydrogens is 534 g/mol. The van der Waals surface area contributed by atoms with Gasteiger partial charge < -0.3 is 15.5 Å². The highest BCUT2D eigenvalue weighted by Gasteiger charge is 2.29. The Kier molecular flexibility index (Phi) is 9.08. The Hall–Kier alpha value is -2.43. The van der Waals surface area contributed by atoms with Gasteiger partial charge in [0, 0.05) is 31.0 Å². The lowest BCUT2D eigenvalue weighted by Gasteiger charge is -2.38. The zero-order valence-electron chi connectivity index (χ0n) is 24.1. The van der Waals surface area contributed by atoms with Gasteiger partial charge in [0.1, 0.15) is 5.02 Å². The Labute approximate surface area is 238 Å². The second-order valence-electron chi connectivity index (χ2n) is 11.4. The fraction of sp³-hybridized carbons (Fsp3) is 0.607. The molecule has 1 fully saturated rings. The SMILES string of the molecule is CC1=C(C2CCC(N(C)C(C)C)CC2)CCC(Nc2ncc(Cl)c(Nc3cn(C)nc3S(=O)(=O)C(C)C)n2)=C1. The fourth-order valence-electron chi connectivity index (χ4n) is 5.54. The highest BCUT2D eigenvalue weighted by Crippen LogP contribution is 2.39. The molecule has 0 bridgehead atoms. The molecule has 214 valence electrons. The molecule has 1 saturated carbocycles. The van der Waals surface area contributed by atoms with Crippen LogP contribution in [0.4, 0.5) is 17.5 Å². The standard InChI is InChI=1S/C28H42ClN7O2S/c1-17(2)36(7)22-11-8-20(9-12-22)23-13-10-21(14-19(23)5)31-28-30-15-24(29)26(33-28)32-25-16-35(6)34-27(25)39(37,38)18(3)4/h14-18,20,22H,8-13H2,1-7H3,(H2,30,31,32,33). The second kappa shape index (κ2) is 12.0. The van der Waals surface area contributed by atoms with E-state index in [0.717, 1.165) is 18.5 Å². The largest absolute Gasteiger partial charge is 0.335 e. The number of allylic oxidation sites excluding steroid dienone is 4. The molecular formula is C28H42ClN7O2S. The fourth-order valence-corrected chi connectivity index (χ4v) is 6.78. The first-order chi connectivity index (χ1) is 18.4. The summed E-state index contributed by atoms with van der Waals surface area (Å²) < 4.78 is 27.1. The Bertz CT molecular complexity index is 1360. The van der Waals surface area contributed by atoms with E-state index in [4.69, 9.17) is 11.6 Å². The molecule has 9 nitrogen and oxygen atoms in total. The molecule has 39 heavy (non-hydrogen) atoms. The van der Waals surface area contributed by atoms with Gasteiger partial charge in [-0.25, -0.2) is 13.4 Å². The molecule has 0 aromatic carbocycles. The van der Waals surface area contributed by atoms with Crippen LogP contribution in [0.25, 0.3) is 0 Å². The molecule has 0 spiro atoms. The molecule has 11 heteroatoms. The highest BCUT2D eigenvalue weighted by molar-refractivity contribution is 7.92. The number of aryl methyl sites for hydroxylation is 1. The molecule has 0 radical (unpaired) electrons. The highest BCUT2D eigenvalue weighted by atomic mass is 35.5. The van der Waals surface area contributed by atoms with Gasteiger partial charge in [-0.1, -0.05) is 17.2 Å². The van der Waals surface area contributed by atoms with E-state index in [2.05, 4.69) is 64.5 Å². The van der Waals surface area contributed by atoms with Crippen molar-refractivity contribution in [1.29, 1.82) is 0 Å². The summed E-state index contributed by atoms with van der Waals surface area (Å²) in [5, 5.41) is 10.2. The van der Waals surface area contributed by atoms with Crippen molar-refractivity contribution in [2.75, 3.05) is 17.7 Å². The lowest BCUT2D eigenvalue weighted by atomic mass is 9.76. The number of nitrogens with one attached hydrogen (secondary N) is 2. The van der Waals surface area contributed by atoms with Crippen LogP contribution in [0.2, 0.25) is 5.02 Å². The number of rotatable bonds is 9. The average molecular weight is 576 g/mol. The molecule has 2 aromatic rings. The Balaban J connectivity index is 1.47. The van der Waals surface area contributed by atoms with Crippen molar-refractivity contribution in [1.82, 2.24) is 24.6 Å². The van der Waals surface area contributed by atoms with Gasteiger partial charge in [0.2, 0.25) is 20.8 Å². The molecule has 0 amide bonds. The van der Waals surface area contributed by atoms with Crippen molar-refractivity contribution in [2.24, 2.45) is 13.0 Å². The summed E-state index contributed by atoms with van der Waals surface area (Å²) in [5.41, 5.74) is 4.30. The Morgan fingerprint density at radius 2 is 1.79 bits per heavy atom. The van der Waals surface area contributed by atoms with E-state index in [0.29, 0.717) is 35.5 Å². The maximum atomic E-state index is 12.8. The van der Waals surface area contributed by atoms with Crippen LogP contribution in [0.15, 0.2) is 40.3 Å². The molecule has 0 aliphatic heterocycles. The van der Waals surface area contributed by atoms with E-state index < -0.39 is 15.1 Å². The first kappa shape index (κ1) is 29.6. The van der Waals surface area contributed by atoms with E-state index in [9.17, 15) is 8.42 Å². The van der Waals surface area contributed by atoms with Crippen LogP contribution >= 0.6 is 11.6 Å². The zero-order chi connectivity index (χ0) is 28.5. The Morgan fingerprint density at radius 1 is 1.10 bits per heavy atom. The third kappa shape index (κ3) is 6.66. The lowest BCUT2D eigenvalue weighted by molar-refractivity contribution is 0.141. The van der Waals surface area contributed by atoms with Crippen LogP contribution in [-0.2, 0) is 16.9 Å². The monoisotopic (exact) mass is 575 g/mol. The lowest BCUT2D eigenvalue weighted by Crippen LogP contribution is -2.39. The van der Waals surface area contributed by atoms with E-state index in [1.54, 1.807) is 32.7 Å². The van der Waals surface area contributed by atoms with Crippen molar-refractivity contribution >= 4 is 38.9 Å². The van der Waals surface area contributed by atoms with Crippen molar-refractivity contribution in [3.05, 3.63) is 40.3 Å². The molecule has 2 aliphatic carbocycles. The van der Waals surface area contributed by atoms with E-state index in [1.807, 2.05) is 0 Å². The van der Waals surface area contributed by atoms with E-state index >= 15 is 0 Å². The topological polar surface area (TPSA) is 105 Å². The third-order valence-electron chi connectivity index (χ3n) is 8.10. The molecule has 4 rings (SSSR count). The van der Waals surface area contributed by atoms with Crippen molar-refractivity contribution in [3.8, 4) is 0 Å². The summed E-state index contributed by atoms with van der Waals surface area (Å²) in [5.74, 6) is 1.38. The van der Waals surface area contributed by atoms with Gasteiger partial charge >= 0.3 is 0 Å². The van der Waals surface area contributed by atoms with Crippen LogP contribution < -0.4 is 10.6 Å². The summed E-state index contributed by atoms with van der Waals surface area (Å²) >= 11 is 6.38. The van der Waals surface area contributed by atoms with Gasteiger partial charge in [0.15, 0.2) is 5.82 Å². The molecule has 0 atom stereocenters. The van der Waals surface area contributed by atoms with Gasteiger partial charge in [-0.3, -0.25) is 4.68 Å². The van der Waals surface area contributed by atoms with Crippen LogP contribution in [0, 0.1) is 5.92 Å². The van der Waals surface area contributed by atoms with E-state index in [1.165, 1.54) is 42.1 Å². The summed E-state index contributed by atoms with van der Waals surface area (Å²) in [6.07, 6.45) is 12.3. The molecule has 2 N–H and O–H groups in total. The number of nitrogens with zero attached hydrogens (tertiary/aromatic N) is 5. The number of hydrogen-bond acceptors (Lipinski definition) is 8. The van der Waals surface area contributed by atoms with E-state index in [-0.39, 0.29) is 10.0 Å².